The number of ketones is 1. The van der Waals surface area contributed by atoms with E-state index < -0.39 is 5.60 Å². The number of carbonyl (C=O) groups is 1. The van der Waals surface area contributed by atoms with E-state index in [-0.39, 0.29) is 5.78 Å². The van der Waals surface area contributed by atoms with Gasteiger partial charge in [-0.05, 0) is 56.3 Å². The van der Waals surface area contributed by atoms with Gasteiger partial charge in [-0.25, -0.2) is 0 Å². The second-order valence-electron chi connectivity index (χ2n) is 6.86. The van der Waals surface area contributed by atoms with Gasteiger partial charge in [0.25, 0.3) is 0 Å². The zero-order chi connectivity index (χ0) is 14.9. The molecule has 21 heavy (non-hydrogen) atoms. The highest BCUT2D eigenvalue weighted by atomic mass is 16.3. The van der Waals surface area contributed by atoms with Crippen LogP contribution in [0.1, 0.15) is 53.6 Å². The Balaban J connectivity index is 1.60. The highest BCUT2D eigenvalue weighted by Crippen LogP contribution is 2.30. The second kappa shape index (κ2) is 5.90. The summed E-state index contributed by atoms with van der Waals surface area (Å²) in [7, 11) is 1.93. The lowest BCUT2D eigenvalue weighted by molar-refractivity contribution is 0.0172. The van der Waals surface area contributed by atoms with Crippen molar-refractivity contribution in [3.05, 3.63) is 34.9 Å². The number of aliphatic hydroxyl groups is 1. The Morgan fingerprint density at radius 1 is 1.19 bits per heavy atom. The van der Waals surface area contributed by atoms with Crippen molar-refractivity contribution in [2.24, 2.45) is 0 Å². The largest absolute Gasteiger partial charge is 0.389 e. The van der Waals surface area contributed by atoms with Crippen molar-refractivity contribution in [3.63, 3.8) is 0 Å². The summed E-state index contributed by atoms with van der Waals surface area (Å²) in [5, 5.41) is 10.4. The first kappa shape index (κ1) is 14.7. The van der Waals surface area contributed by atoms with Crippen LogP contribution in [0.15, 0.2) is 18.2 Å². The summed E-state index contributed by atoms with van der Waals surface area (Å²) >= 11 is 0. The number of Topliss-reactive ketones (excluding diaryl/α,β-unsaturated/α-hetero) is 1. The topological polar surface area (TPSA) is 40.5 Å². The molecule has 0 aromatic heterocycles. The molecule has 2 aliphatic carbocycles. The number of fused-ring (bicyclic) bond motifs is 1. The fourth-order valence-corrected chi connectivity index (χ4v) is 3.83. The molecule has 1 fully saturated rings. The number of benzene rings is 1. The predicted octanol–water partition coefficient (Wildman–Crippen LogP) is 2.59. The third-order valence-electron chi connectivity index (χ3n) is 4.93. The normalized spacial score (nSPS) is 20.0. The standard InChI is InChI=1S/C18H25NO2/c1-19(13-18(21)9-2-3-10-18)12-17(20)16-8-7-14-5-4-6-15(14)11-16/h7-8,11,21H,2-6,9-10,12-13H2,1H3. The van der Waals surface area contributed by atoms with Gasteiger partial charge in [-0.3, -0.25) is 9.69 Å². The van der Waals surface area contributed by atoms with Gasteiger partial charge in [0.2, 0.25) is 0 Å². The zero-order valence-corrected chi connectivity index (χ0v) is 12.9. The molecular formula is C18H25NO2. The maximum Gasteiger partial charge on any atom is 0.176 e. The minimum atomic E-state index is -0.576. The van der Waals surface area contributed by atoms with Crippen LogP contribution in [-0.2, 0) is 12.8 Å². The molecule has 1 N–H and O–H groups in total. The molecule has 3 nitrogen and oxygen atoms in total. The number of likely N-dealkylation sites (N-methyl/N-ethyl adjacent to an activating group) is 1. The quantitative estimate of drug-likeness (QED) is 0.846. The first-order valence-corrected chi connectivity index (χ1v) is 8.12. The Labute approximate surface area is 127 Å². The van der Waals surface area contributed by atoms with Crippen molar-refractivity contribution in [2.75, 3.05) is 20.1 Å². The van der Waals surface area contributed by atoms with Gasteiger partial charge >= 0.3 is 0 Å². The van der Waals surface area contributed by atoms with Crippen LogP contribution in [-0.4, -0.2) is 41.5 Å². The lowest BCUT2D eigenvalue weighted by Crippen LogP contribution is -2.41. The van der Waals surface area contributed by atoms with Gasteiger partial charge < -0.3 is 5.11 Å². The van der Waals surface area contributed by atoms with Crippen molar-refractivity contribution < 1.29 is 9.90 Å². The third kappa shape index (κ3) is 3.35. The second-order valence-corrected chi connectivity index (χ2v) is 6.86. The molecule has 3 heteroatoms. The average molecular weight is 287 g/mol. The van der Waals surface area contributed by atoms with Gasteiger partial charge in [0.15, 0.2) is 5.78 Å². The summed E-state index contributed by atoms with van der Waals surface area (Å²) < 4.78 is 0. The molecule has 1 aromatic rings. The Hall–Kier alpha value is -1.19. The van der Waals surface area contributed by atoms with Gasteiger partial charge in [-0.15, -0.1) is 0 Å². The van der Waals surface area contributed by atoms with Crippen LogP contribution >= 0.6 is 0 Å². The SMILES string of the molecule is CN(CC(=O)c1ccc2c(c1)CCC2)CC1(O)CCCC1. The molecule has 2 aliphatic rings. The molecule has 0 radical (unpaired) electrons. The van der Waals surface area contributed by atoms with Crippen LogP contribution in [0.25, 0.3) is 0 Å². The number of hydrogen-bond acceptors (Lipinski definition) is 3. The fraction of sp³-hybridized carbons (Fsp3) is 0.611. The molecule has 0 amide bonds. The number of aryl methyl sites for hydroxylation is 2. The van der Waals surface area contributed by atoms with Crippen molar-refractivity contribution >= 4 is 5.78 Å². The molecule has 0 atom stereocenters. The van der Waals surface area contributed by atoms with Gasteiger partial charge in [0.05, 0.1) is 12.1 Å². The van der Waals surface area contributed by atoms with Crippen LogP contribution in [0.5, 0.6) is 0 Å². The Morgan fingerprint density at radius 3 is 2.67 bits per heavy atom. The lowest BCUT2D eigenvalue weighted by atomic mass is 10.0. The zero-order valence-electron chi connectivity index (χ0n) is 12.9. The van der Waals surface area contributed by atoms with Gasteiger partial charge in [0, 0.05) is 12.1 Å². The molecule has 114 valence electrons. The highest BCUT2D eigenvalue weighted by molar-refractivity contribution is 5.97. The number of carbonyl (C=O) groups excluding carboxylic acids is 1. The molecule has 0 unspecified atom stereocenters. The van der Waals surface area contributed by atoms with E-state index in [1.807, 2.05) is 18.0 Å². The van der Waals surface area contributed by atoms with Crippen molar-refractivity contribution in [1.82, 2.24) is 4.90 Å². The van der Waals surface area contributed by atoms with Crippen LogP contribution in [0.4, 0.5) is 0 Å². The highest BCUT2D eigenvalue weighted by Gasteiger charge is 2.32. The molecule has 0 bridgehead atoms. The van der Waals surface area contributed by atoms with Crippen LogP contribution in [0, 0.1) is 0 Å². The minimum absolute atomic E-state index is 0.161. The third-order valence-corrected chi connectivity index (χ3v) is 4.93. The molecule has 0 aliphatic heterocycles. The Bertz CT molecular complexity index is 532. The summed E-state index contributed by atoms with van der Waals surface area (Å²) in [5.41, 5.74) is 2.99. The van der Waals surface area contributed by atoms with E-state index in [0.717, 1.165) is 44.1 Å². The molecule has 3 rings (SSSR count). The smallest absolute Gasteiger partial charge is 0.176 e. The summed E-state index contributed by atoms with van der Waals surface area (Å²) in [6.45, 7) is 0.991. The summed E-state index contributed by atoms with van der Waals surface area (Å²) in [4.78, 5) is 14.4. The summed E-state index contributed by atoms with van der Waals surface area (Å²) in [6.07, 6.45) is 7.39. The van der Waals surface area contributed by atoms with Gasteiger partial charge in [0.1, 0.15) is 0 Å². The summed E-state index contributed by atoms with van der Waals surface area (Å²) in [5.74, 6) is 0.161. The van der Waals surface area contributed by atoms with E-state index in [1.54, 1.807) is 0 Å². The van der Waals surface area contributed by atoms with Crippen molar-refractivity contribution in [1.29, 1.82) is 0 Å². The number of hydrogen-bond donors (Lipinski definition) is 1. The van der Waals surface area contributed by atoms with Crippen molar-refractivity contribution in [2.45, 2.75) is 50.5 Å². The first-order chi connectivity index (χ1) is 10.1. The monoisotopic (exact) mass is 287 g/mol. The van der Waals surface area contributed by atoms with Gasteiger partial charge in [-0.2, -0.15) is 0 Å². The Kier molecular flexibility index (Phi) is 4.14. The summed E-state index contributed by atoms with van der Waals surface area (Å²) in [6, 6.07) is 6.15. The van der Waals surface area contributed by atoms with Crippen LogP contribution < -0.4 is 0 Å². The van der Waals surface area contributed by atoms with Crippen LogP contribution in [0.3, 0.4) is 0 Å². The number of nitrogens with zero attached hydrogens (tertiary/aromatic N) is 1. The van der Waals surface area contributed by atoms with Crippen molar-refractivity contribution in [3.8, 4) is 0 Å². The van der Waals surface area contributed by atoms with E-state index in [9.17, 15) is 9.90 Å². The van der Waals surface area contributed by atoms with E-state index >= 15 is 0 Å². The van der Waals surface area contributed by atoms with E-state index in [1.165, 1.54) is 17.5 Å². The van der Waals surface area contributed by atoms with Gasteiger partial charge in [-0.1, -0.05) is 25.0 Å². The lowest BCUT2D eigenvalue weighted by Gasteiger charge is -2.28. The fourth-order valence-electron chi connectivity index (χ4n) is 3.83. The van der Waals surface area contributed by atoms with Crippen LogP contribution in [0.2, 0.25) is 0 Å². The van der Waals surface area contributed by atoms with E-state index in [4.69, 9.17) is 0 Å². The van der Waals surface area contributed by atoms with E-state index in [2.05, 4.69) is 12.1 Å². The molecule has 0 heterocycles. The molecule has 1 aromatic carbocycles. The van der Waals surface area contributed by atoms with E-state index in [0.29, 0.717) is 13.1 Å². The Morgan fingerprint density at radius 2 is 1.90 bits per heavy atom. The average Bonchev–Trinajstić information content (AvgIpc) is 3.06. The molecule has 0 spiro atoms. The predicted molar refractivity (Wildman–Crippen MR) is 83.7 cm³/mol. The molecular weight excluding hydrogens is 262 g/mol. The maximum atomic E-state index is 12.4. The first-order valence-electron chi connectivity index (χ1n) is 8.12. The molecule has 1 saturated carbocycles. The number of rotatable bonds is 5. The molecule has 0 saturated heterocycles. The minimum Gasteiger partial charge on any atom is -0.389 e. The maximum absolute atomic E-state index is 12.4.